The minimum Gasteiger partial charge on any atom is -0.207 e. The predicted molar refractivity (Wildman–Crippen MR) is 49.5 cm³/mol. The van der Waals surface area contributed by atoms with Crippen molar-refractivity contribution in [1.82, 2.24) is 0 Å². The van der Waals surface area contributed by atoms with E-state index in [9.17, 15) is 4.39 Å². The van der Waals surface area contributed by atoms with Crippen LogP contribution in [-0.2, 0) is 0 Å². The molecular formula is C11H15F. The van der Waals surface area contributed by atoms with Gasteiger partial charge in [0.15, 0.2) is 0 Å². The molecule has 1 aliphatic carbocycles. The van der Waals surface area contributed by atoms with Crippen LogP contribution in [-0.4, -0.2) is 0 Å². The van der Waals surface area contributed by atoms with E-state index in [-0.39, 0.29) is 5.82 Å². The SMILES string of the molecule is C1CCCC1.Fc1ccccc1. The Morgan fingerprint density at radius 1 is 0.750 bits per heavy atom. The summed E-state index contributed by atoms with van der Waals surface area (Å²) in [7, 11) is 0. The minimum atomic E-state index is -0.178. The summed E-state index contributed by atoms with van der Waals surface area (Å²) in [6, 6.07) is 7.94. The van der Waals surface area contributed by atoms with Gasteiger partial charge in [-0.15, -0.1) is 0 Å². The van der Waals surface area contributed by atoms with Crippen LogP contribution in [0.2, 0.25) is 0 Å². The van der Waals surface area contributed by atoms with Crippen LogP contribution in [0, 0.1) is 5.82 Å². The highest BCUT2D eigenvalue weighted by atomic mass is 19.1. The maximum Gasteiger partial charge on any atom is 0.123 e. The Bertz CT molecular complexity index is 182. The van der Waals surface area contributed by atoms with Crippen molar-refractivity contribution in [3.63, 3.8) is 0 Å². The first-order valence-electron chi connectivity index (χ1n) is 4.60. The molecule has 1 aromatic rings. The molecule has 0 spiro atoms. The summed E-state index contributed by atoms with van der Waals surface area (Å²) in [5, 5.41) is 0. The molecule has 0 aromatic heterocycles. The van der Waals surface area contributed by atoms with E-state index in [1.54, 1.807) is 18.2 Å². The maximum absolute atomic E-state index is 11.9. The molecule has 0 nitrogen and oxygen atoms in total. The highest BCUT2D eigenvalue weighted by molar-refractivity contribution is 5.02. The predicted octanol–water partition coefficient (Wildman–Crippen LogP) is 3.78. The van der Waals surface area contributed by atoms with Gasteiger partial charge in [-0.3, -0.25) is 0 Å². The van der Waals surface area contributed by atoms with Crippen LogP contribution in [0.15, 0.2) is 30.3 Å². The zero-order valence-corrected chi connectivity index (χ0v) is 7.30. The number of rotatable bonds is 0. The molecule has 0 radical (unpaired) electrons. The molecular weight excluding hydrogens is 151 g/mol. The van der Waals surface area contributed by atoms with Gasteiger partial charge in [0.05, 0.1) is 0 Å². The molecule has 0 amide bonds. The molecule has 0 atom stereocenters. The molecule has 1 fully saturated rings. The summed E-state index contributed by atoms with van der Waals surface area (Å²) < 4.78 is 11.9. The lowest BCUT2D eigenvalue weighted by Gasteiger charge is -1.78. The number of hydrogen-bond donors (Lipinski definition) is 0. The van der Waals surface area contributed by atoms with Gasteiger partial charge in [-0.05, 0) is 12.1 Å². The van der Waals surface area contributed by atoms with Gasteiger partial charge < -0.3 is 0 Å². The summed E-state index contributed by atoms with van der Waals surface area (Å²) in [4.78, 5) is 0. The standard InChI is InChI=1S/C6H5F.C5H10/c7-6-4-2-1-3-5-6;1-2-4-5-3-1/h1-5H;1-5H2. The molecule has 12 heavy (non-hydrogen) atoms. The van der Waals surface area contributed by atoms with E-state index in [0.29, 0.717) is 0 Å². The fourth-order valence-electron chi connectivity index (χ4n) is 1.30. The van der Waals surface area contributed by atoms with E-state index in [1.807, 2.05) is 0 Å². The third-order valence-corrected chi connectivity index (χ3v) is 1.98. The fourth-order valence-corrected chi connectivity index (χ4v) is 1.30. The van der Waals surface area contributed by atoms with E-state index >= 15 is 0 Å². The average molecular weight is 166 g/mol. The zero-order valence-electron chi connectivity index (χ0n) is 7.30. The van der Waals surface area contributed by atoms with Crippen molar-refractivity contribution in [3.05, 3.63) is 36.1 Å². The van der Waals surface area contributed by atoms with Gasteiger partial charge in [0.1, 0.15) is 5.82 Å². The Morgan fingerprint density at radius 3 is 1.42 bits per heavy atom. The lowest BCUT2D eigenvalue weighted by atomic mass is 10.4. The fraction of sp³-hybridized carbons (Fsp3) is 0.455. The van der Waals surface area contributed by atoms with Gasteiger partial charge in [-0.25, -0.2) is 4.39 Å². The Labute approximate surface area is 73.4 Å². The van der Waals surface area contributed by atoms with Crippen LogP contribution in [0.1, 0.15) is 32.1 Å². The average Bonchev–Trinajstić information content (AvgIpc) is 2.62. The summed E-state index contributed by atoms with van der Waals surface area (Å²) in [5.41, 5.74) is 0. The summed E-state index contributed by atoms with van der Waals surface area (Å²) in [6.45, 7) is 0. The van der Waals surface area contributed by atoms with E-state index in [4.69, 9.17) is 0 Å². The number of hydrogen-bond acceptors (Lipinski definition) is 0. The Kier molecular flexibility index (Phi) is 4.43. The Hall–Kier alpha value is -0.850. The van der Waals surface area contributed by atoms with Gasteiger partial charge in [0.25, 0.3) is 0 Å². The van der Waals surface area contributed by atoms with Crippen molar-refractivity contribution in [2.24, 2.45) is 0 Å². The smallest absolute Gasteiger partial charge is 0.123 e. The number of halogens is 1. The van der Waals surface area contributed by atoms with Crippen LogP contribution >= 0.6 is 0 Å². The van der Waals surface area contributed by atoms with Crippen LogP contribution in [0.5, 0.6) is 0 Å². The number of benzene rings is 1. The first kappa shape index (κ1) is 9.24. The van der Waals surface area contributed by atoms with Crippen molar-refractivity contribution in [1.29, 1.82) is 0 Å². The van der Waals surface area contributed by atoms with E-state index < -0.39 is 0 Å². The van der Waals surface area contributed by atoms with Crippen LogP contribution in [0.4, 0.5) is 4.39 Å². The highest BCUT2D eigenvalue weighted by Crippen LogP contribution is 2.15. The molecule has 0 N–H and O–H groups in total. The van der Waals surface area contributed by atoms with Gasteiger partial charge in [0.2, 0.25) is 0 Å². The Balaban J connectivity index is 0.000000127. The molecule has 0 aliphatic heterocycles. The first-order valence-corrected chi connectivity index (χ1v) is 4.60. The summed E-state index contributed by atoms with van der Waals surface area (Å²) in [6.07, 6.45) is 7.50. The second-order valence-corrected chi connectivity index (χ2v) is 3.06. The van der Waals surface area contributed by atoms with E-state index in [0.717, 1.165) is 0 Å². The monoisotopic (exact) mass is 166 g/mol. The molecule has 1 saturated carbocycles. The molecule has 1 aliphatic rings. The lowest BCUT2D eigenvalue weighted by Crippen LogP contribution is -1.63. The molecule has 0 saturated heterocycles. The second-order valence-electron chi connectivity index (χ2n) is 3.06. The molecule has 2 rings (SSSR count). The molecule has 0 unspecified atom stereocenters. The molecule has 66 valence electrons. The maximum atomic E-state index is 11.9. The van der Waals surface area contributed by atoms with Crippen molar-refractivity contribution < 1.29 is 4.39 Å². The van der Waals surface area contributed by atoms with Crippen LogP contribution < -0.4 is 0 Å². The van der Waals surface area contributed by atoms with Crippen LogP contribution in [0.3, 0.4) is 0 Å². The van der Waals surface area contributed by atoms with Crippen molar-refractivity contribution >= 4 is 0 Å². The first-order chi connectivity index (χ1) is 5.89. The van der Waals surface area contributed by atoms with Gasteiger partial charge in [-0.2, -0.15) is 0 Å². The van der Waals surface area contributed by atoms with Crippen molar-refractivity contribution in [3.8, 4) is 0 Å². The van der Waals surface area contributed by atoms with Crippen molar-refractivity contribution in [2.45, 2.75) is 32.1 Å². The molecule has 1 heteroatoms. The zero-order chi connectivity index (χ0) is 8.65. The largest absolute Gasteiger partial charge is 0.207 e. The second kappa shape index (κ2) is 5.76. The molecule has 1 aromatic carbocycles. The van der Waals surface area contributed by atoms with Crippen LogP contribution in [0.25, 0.3) is 0 Å². The minimum absolute atomic E-state index is 0.178. The topological polar surface area (TPSA) is 0 Å². The summed E-state index contributed by atoms with van der Waals surface area (Å²) >= 11 is 0. The van der Waals surface area contributed by atoms with Gasteiger partial charge in [-0.1, -0.05) is 50.3 Å². The summed E-state index contributed by atoms with van der Waals surface area (Å²) in [5.74, 6) is -0.178. The van der Waals surface area contributed by atoms with E-state index in [1.165, 1.54) is 44.2 Å². The Morgan fingerprint density at radius 2 is 1.17 bits per heavy atom. The van der Waals surface area contributed by atoms with Gasteiger partial charge >= 0.3 is 0 Å². The lowest BCUT2D eigenvalue weighted by molar-refractivity contribution is 0.628. The van der Waals surface area contributed by atoms with E-state index in [2.05, 4.69) is 0 Å². The third-order valence-electron chi connectivity index (χ3n) is 1.98. The highest BCUT2D eigenvalue weighted by Gasteiger charge is 1.95. The third kappa shape index (κ3) is 4.12. The molecule has 0 heterocycles. The molecule has 0 bridgehead atoms. The normalized spacial score (nSPS) is 15.1. The van der Waals surface area contributed by atoms with Crippen molar-refractivity contribution in [2.75, 3.05) is 0 Å². The van der Waals surface area contributed by atoms with Gasteiger partial charge in [0, 0.05) is 0 Å². The quantitative estimate of drug-likeness (QED) is 0.550.